The summed E-state index contributed by atoms with van der Waals surface area (Å²) in [5, 5.41) is 13.0. The Labute approximate surface area is 288 Å². The molecule has 1 aromatic heterocycles. The van der Waals surface area contributed by atoms with Crippen LogP contribution in [-0.2, 0) is 11.4 Å². The van der Waals surface area contributed by atoms with Crippen LogP contribution in [0.3, 0.4) is 0 Å². The number of carbonyl (C=O) groups is 2. The van der Waals surface area contributed by atoms with E-state index in [9.17, 15) is 19.5 Å². The molecule has 12 heteroatoms. The standard InChI is InChI=1S/C36H27Cl2N3O6S/c1-20-30(33(42)40-26-9-4-3-5-10-26)31(23-11-13-25(37)14-12-23)41-34(43)29(48-36(41)39-20)18-22-16-27(38)32(28(17-22)46-2)47-19-21-7-6-8-24(15-21)35(44)45/h3-18,31H,19H2,1-2H3,(H,40,42)(H,44,45)/b29-18+/t31-/m0/s1. The maximum Gasteiger partial charge on any atom is 0.335 e. The van der Waals surface area contributed by atoms with Gasteiger partial charge in [0.15, 0.2) is 16.3 Å². The third kappa shape index (κ3) is 6.77. The number of methoxy groups -OCH3 is 1. The monoisotopic (exact) mass is 699 g/mol. The number of nitrogens with one attached hydrogen (secondary N) is 1. The van der Waals surface area contributed by atoms with Gasteiger partial charge in [-0.15, -0.1) is 0 Å². The summed E-state index contributed by atoms with van der Waals surface area (Å²) in [5.74, 6) is -0.821. The molecular weight excluding hydrogens is 673 g/mol. The molecular formula is C36H27Cl2N3O6S. The van der Waals surface area contributed by atoms with Crippen LogP contribution in [-0.4, -0.2) is 28.7 Å². The molecule has 2 N–H and O–H groups in total. The van der Waals surface area contributed by atoms with Gasteiger partial charge in [0.2, 0.25) is 0 Å². The fourth-order valence-corrected chi connectivity index (χ4v) is 6.80. The molecule has 0 unspecified atom stereocenters. The van der Waals surface area contributed by atoms with Crippen LogP contribution in [0.2, 0.25) is 10.0 Å². The summed E-state index contributed by atoms with van der Waals surface area (Å²) < 4.78 is 13.4. The fourth-order valence-electron chi connectivity index (χ4n) is 5.36. The zero-order valence-electron chi connectivity index (χ0n) is 25.6. The summed E-state index contributed by atoms with van der Waals surface area (Å²) in [6, 6.07) is 25.1. The number of carbonyl (C=O) groups excluding carboxylic acids is 1. The number of carboxylic acids is 1. The third-order valence-corrected chi connectivity index (χ3v) is 9.11. The third-order valence-electron chi connectivity index (χ3n) is 7.59. The average molecular weight is 701 g/mol. The maximum atomic E-state index is 14.1. The van der Waals surface area contributed by atoms with Crippen molar-refractivity contribution < 1.29 is 24.2 Å². The molecule has 242 valence electrons. The lowest BCUT2D eigenvalue weighted by atomic mass is 9.95. The first-order valence-electron chi connectivity index (χ1n) is 14.6. The Hall–Kier alpha value is -5.16. The van der Waals surface area contributed by atoms with Crippen molar-refractivity contribution in [3.05, 3.63) is 154 Å². The Balaban J connectivity index is 1.38. The number of anilines is 1. The highest BCUT2D eigenvalue weighted by Gasteiger charge is 2.32. The second kappa shape index (κ2) is 13.9. The van der Waals surface area contributed by atoms with E-state index in [2.05, 4.69) is 10.3 Å². The van der Waals surface area contributed by atoms with E-state index in [0.29, 0.717) is 53.8 Å². The van der Waals surface area contributed by atoms with Crippen LogP contribution >= 0.6 is 34.5 Å². The lowest BCUT2D eigenvalue weighted by molar-refractivity contribution is -0.113. The predicted molar refractivity (Wildman–Crippen MR) is 186 cm³/mol. The highest BCUT2D eigenvalue weighted by Crippen LogP contribution is 2.37. The average Bonchev–Trinajstić information content (AvgIpc) is 3.37. The number of hydrogen-bond acceptors (Lipinski definition) is 7. The molecule has 2 heterocycles. The Morgan fingerprint density at radius 2 is 1.77 bits per heavy atom. The molecule has 6 rings (SSSR count). The number of halogens is 2. The minimum absolute atomic E-state index is 0.0549. The summed E-state index contributed by atoms with van der Waals surface area (Å²) in [6.45, 7) is 1.81. The van der Waals surface area contributed by atoms with E-state index in [-0.39, 0.29) is 34.4 Å². The molecule has 5 aromatic rings. The van der Waals surface area contributed by atoms with E-state index in [1.165, 1.54) is 35.1 Å². The first-order chi connectivity index (χ1) is 23.1. The van der Waals surface area contributed by atoms with Gasteiger partial charge >= 0.3 is 5.97 Å². The quantitative estimate of drug-likeness (QED) is 0.182. The Kier molecular flexibility index (Phi) is 9.49. The number of allylic oxidation sites excluding steroid dienone is 1. The second-order valence-electron chi connectivity index (χ2n) is 10.8. The van der Waals surface area contributed by atoms with Crippen LogP contribution in [0.1, 0.15) is 40.0 Å². The van der Waals surface area contributed by atoms with E-state index in [1.807, 2.05) is 18.2 Å². The van der Waals surface area contributed by atoms with Crippen LogP contribution < -0.4 is 29.7 Å². The van der Waals surface area contributed by atoms with Gasteiger partial charge in [-0.25, -0.2) is 9.79 Å². The number of hydrogen-bond donors (Lipinski definition) is 2. The molecule has 1 atom stereocenters. The molecule has 0 aliphatic carbocycles. The number of carboxylic acid groups (broad SMARTS) is 1. The van der Waals surface area contributed by atoms with Crippen LogP contribution in [0, 0.1) is 0 Å². The van der Waals surface area contributed by atoms with E-state index >= 15 is 0 Å². The summed E-state index contributed by atoms with van der Waals surface area (Å²) in [5.41, 5.74) is 3.13. The highest BCUT2D eigenvalue weighted by molar-refractivity contribution is 7.07. The molecule has 0 radical (unpaired) electrons. The fraction of sp³-hybridized carbons (Fsp3) is 0.111. The van der Waals surface area contributed by atoms with Crippen molar-refractivity contribution in [1.82, 2.24) is 4.57 Å². The lowest BCUT2D eigenvalue weighted by Gasteiger charge is -2.25. The van der Waals surface area contributed by atoms with Gasteiger partial charge in [-0.1, -0.05) is 77.0 Å². The highest BCUT2D eigenvalue weighted by atomic mass is 35.5. The SMILES string of the molecule is COc1cc(/C=c2/sc3n(c2=O)[C@@H](c2ccc(Cl)cc2)C(C(=O)Nc2ccccc2)=C(C)N=3)cc(Cl)c1OCc1cccc(C(=O)O)c1. The van der Waals surface area contributed by atoms with E-state index in [0.717, 1.165) is 0 Å². The van der Waals surface area contributed by atoms with Crippen molar-refractivity contribution in [2.75, 3.05) is 12.4 Å². The number of thiazole rings is 1. The zero-order valence-corrected chi connectivity index (χ0v) is 27.9. The molecule has 0 bridgehead atoms. The Morgan fingerprint density at radius 3 is 2.48 bits per heavy atom. The number of para-hydroxylation sites is 1. The van der Waals surface area contributed by atoms with Gasteiger partial charge in [0.25, 0.3) is 11.5 Å². The van der Waals surface area contributed by atoms with Crippen molar-refractivity contribution >= 4 is 58.2 Å². The number of aromatic nitrogens is 1. The number of amides is 1. The van der Waals surface area contributed by atoms with Crippen LogP contribution in [0.4, 0.5) is 5.69 Å². The van der Waals surface area contributed by atoms with Gasteiger partial charge in [-0.05, 0) is 78.2 Å². The maximum absolute atomic E-state index is 14.1. The van der Waals surface area contributed by atoms with Crippen LogP contribution in [0.25, 0.3) is 6.08 Å². The van der Waals surface area contributed by atoms with Gasteiger partial charge < -0.3 is 19.9 Å². The molecule has 0 spiro atoms. The first kappa shape index (κ1) is 32.8. The smallest absolute Gasteiger partial charge is 0.335 e. The number of nitrogens with zero attached hydrogens (tertiary/aromatic N) is 2. The van der Waals surface area contributed by atoms with E-state index in [4.69, 9.17) is 32.7 Å². The number of fused-ring (bicyclic) bond motifs is 1. The van der Waals surface area contributed by atoms with Crippen molar-refractivity contribution in [3.8, 4) is 11.5 Å². The molecule has 4 aromatic carbocycles. The normalized spacial score (nSPS) is 14.2. The second-order valence-corrected chi connectivity index (χ2v) is 12.6. The van der Waals surface area contributed by atoms with Gasteiger partial charge in [0, 0.05) is 10.7 Å². The van der Waals surface area contributed by atoms with Crippen molar-refractivity contribution in [2.24, 2.45) is 4.99 Å². The van der Waals surface area contributed by atoms with E-state index in [1.54, 1.807) is 73.7 Å². The van der Waals surface area contributed by atoms with Crippen molar-refractivity contribution in [3.63, 3.8) is 0 Å². The molecule has 9 nitrogen and oxygen atoms in total. The zero-order chi connectivity index (χ0) is 33.9. The van der Waals surface area contributed by atoms with E-state index < -0.39 is 12.0 Å². The summed E-state index contributed by atoms with van der Waals surface area (Å²) in [7, 11) is 1.47. The molecule has 48 heavy (non-hydrogen) atoms. The number of rotatable bonds is 9. The van der Waals surface area contributed by atoms with Gasteiger partial charge in [-0.3, -0.25) is 14.2 Å². The van der Waals surface area contributed by atoms with Gasteiger partial charge in [0.05, 0.1) is 39.5 Å². The number of ether oxygens (including phenoxy) is 2. The molecule has 0 fully saturated rings. The number of aromatic carboxylic acids is 1. The van der Waals surface area contributed by atoms with Crippen LogP contribution in [0.5, 0.6) is 11.5 Å². The summed E-state index contributed by atoms with van der Waals surface area (Å²) >= 11 is 14.0. The molecule has 1 aliphatic heterocycles. The topological polar surface area (TPSA) is 119 Å². The largest absolute Gasteiger partial charge is 0.493 e. The Bertz CT molecular complexity index is 2260. The minimum atomic E-state index is -1.04. The lowest BCUT2D eigenvalue weighted by Crippen LogP contribution is -2.40. The predicted octanol–water partition coefficient (Wildman–Crippen LogP) is 6.47. The van der Waals surface area contributed by atoms with Crippen molar-refractivity contribution in [1.29, 1.82) is 0 Å². The van der Waals surface area contributed by atoms with Gasteiger partial charge in [-0.2, -0.15) is 0 Å². The van der Waals surface area contributed by atoms with Crippen LogP contribution in [0.15, 0.2) is 112 Å². The molecule has 0 saturated carbocycles. The molecule has 0 saturated heterocycles. The van der Waals surface area contributed by atoms with Gasteiger partial charge in [0.1, 0.15) is 6.61 Å². The summed E-state index contributed by atoms with van der Waals surface area (Å²) in [4.78, 5) is 44.3. The Morgan fingerprint density at radius 1 is 1.02 bits per heavy atom. The summed E-state index contributed by atoms with van der Waals surface area (Å²) in [6.07, 6.45) is 1.68. The molecule has 1 amide bonds. The minimum Gasteiger partial charge on any atom is -0.493 e. The first-order valence-corrected chi connectivity index (χ1v) is 16.2. The molecule has 1 aliphatic rings. The van der Waals surface area contributed by atoms with Crippen molar-refractivity contribution in [2.45, 2.75) is 19.6 Å². The number of benzene rings is 4.